The molecule has 4 rings (SSSR count). The number of carbonyl (C=O) groups is 1. The number of amides is 1. The lowest BCUT2D eigenvalue weighted by Crippen LogP contribution is -2.52. The molecule has 0 radical (unpaired) electrons. The summed E-state index contributed by atoms with van der Waals surface area (Å²) in [7, 11) is 1.98. The summed E-state index contributed by atoms with van der Waals surface area (Å²) in [4.78, 5) is 17.6. The standard InChI is InChI=1S/C23H32N4O/c1-3-22-21(17-24-25(22)2)18-9-11-19(12-10-18)23(28)27-15-13-26(14-16-27)20-7-5-4-6-8-20/h9-12,17,20H,3-8,13-16H2,1-2H3. The van der Waals surface area contributed by atoms with Crippen LogP contribution in [0.1, 0.15) is 55.1 Å². The Balaban J connectivity index is 1.39. The van der Waals surface area contributed by atoms with E-state index in [2.05, 4.69) is 29.1 Å². The van der Waals surface area contributed by atoms with Gasteiger partial charge in [-0.2, -0.15) is 5.10 Å². The minimum Gasteiger partial charge on any atom is -0.336 e. The van der Waals surface area contributed by atoms with Gasteiger partial charge in [-0.3, -0.25) is 14.4 Å². The fraction of sp³-hybridized carbons (Fsp3) is 0.565. The Bertz CT molecular complexity index is 797. The Labute approximate surface area is 168 Å². The molecule has 0 unspecified atom stereocenters. The second-order valence-corrected chi connectivity index (χ2v) is 8.18. The van der Waals surface area contributed by atoms with Crippen molar-refractivity contribution in [2.75, 3.05) is 26.2 Å². The highest BCUT2D eigenvalue weighted by Crippen LogP contribution is 2.26. The minimum absolute atomic E-state index is 0.164. The zero-order valence-electron chi connectivity index (χ0n) is 17.2. The molecule has 1 saturated heterocycles. The van der Waals surface area contributed by atoms with E-state index in [1.165, 1.54) is 37.8 Å². The van der Waals surface area contributed by atoms with Crippen LogP contribution in [0.4, 0.5) is 0 Å². The second-order valence-electron chi connectivity index (χ2n) is 8.18. The third-order valence-corrected chi connectivity index (χ3v) is 6.53. The highest BCUT2D eigenvalue weighted by Gasteiger charge is 2.27. The topological polar surface area (TPSA) is 41.4 Å². The molecule has 5 heteroatoms. The van der Waals surface area contributed by atoms with E-state index in [4.69, 9.17) is 0 Å². The normalized spacial score (nSPS) is 19.1. The Hall–Kier alpha value is -2.14. The summed E-state index contributed by atoms with van der Waals surface area (Å²) in [6.07, 6.45) is 9.66. The maximum atomic E-state index is 12.9. The van der Waals surface area contributed by atoms with E-state index in [-0.39, 0.29) is 5.91 Å². The molecule has 0 spiro atoms. The van der Waals surface area contributed by atoms with Gasteiger partial charge in [0.2, 0.25) is 0 Å². The summed E-state index contributed by atoms with van der Waals surface area (Å²) >= 11 is 0. The number of rotatable bonds is 4. The monoisotopic (exact) mass is 380 g/mol. The molecule has 0 atom stereocenters. The van der Waals surface area contributed by atoms with Crippen LogP contribution in [0.5, 0.6) is 0 Å². The maximum absolute atomic E-state index is 12.9. The van der Waals surface area contributed by atoms with Crippen molar-refractivity contribution in [3.8, 4) is 11.1 Å². The van der Waals surface area contributed by atoms with Crippen molar-refractivity contribution in [3.05, 3.63) is 41.7 Å². The van der Waals surface area contributed by atoms with Crippen molar-refractivity contribution in [1.82, 2.24) is 19.6 Å². The molecule has 1 aliphatic carbocycles. The van der Waals surface area contributed by atoms with Gasteiger partial charge in [0.05, 0.1) is 6.20 Å². The van der Waals surface area contributed by atoms with Crippen molar-refractivity contribution in [1.29, 1.82) is 0 Å². The molecule has 0 N–H and O–H groups in total. The van der Waals surface area contributed by atoms with Gasteiger partial charge in [-0.1, -0.05) is 38.3 Å². The van der Waals surface area contributed by atoms with Crippen LogP contribution in [0.2, 0.25) is 0 Å². The number of aromatic nitrogens is 2. The highest BCUT2D eigenvalue weighted by molar-refractivity contribution is 5.94. The predicted molar refractivity (Wildman–Crippen MR) is 112 cm³/mol. The molecule has 2 heterocycles. The molecular weight excluding hydrogens is 348 g/mol. The van der Waals surface area contributed by atoms with Crippen LogP contribution < -0.4 is 0 Å². The van der Waals surface area contributed by atoms with Gasteiger partial charge >= 0.3 is 0 Å². The van der Waals surface area contributed by atoms with Crippen molar-refractivity contribution < 1.29 is 4.79 Å². The molecule has 1 saturated carbocycles. The van der Waals surface area contributed by atoms with Gasteiger partial charge in [0, 0.05) is 56.1 Å². The van der Waals surface area contributed by atoms with E-state index >= 15 is 0 Å². The van der Waals surface area contributed by atoms with Gasteiger partial charge in [0.15, 0.2) is 0 Å². The number of benzene rings is 1. The molecule has 1 amide bonds. The molecule has 28 heavy (non-hydrogen) atoms. The molecule has 1 aromatic carbocycles. The summed E-state index contributed by atoms with van der Waals surface area (Å²) in [6.45, 7) is 5.87. The van der Waals surface area contributed by atoms with Crippen LogP contribution in [0.3, 0.4) is 0 Å². The van der Waals surface area contributed by atoms with Gasteiger partial charge in [-0.15, -0.1) is 0 Å². The third kappa shape index (κ3) is 3.86. The number of piperazine rings is 1. The van der Waals surface area contributed by atoms with Crippen molar-refractivity contribution >= 4 is 5.91 Å². The first kappa shape index (κ1) is 19.2. The molecule has 2 fully saturated rings. The van der Waals surface area contributed by atoms with E-state index < -0.39 is 0 Å². The predicted octanol–water partition coefficient (Wildman–Crippen LogP) is 3.74. The van der Waals surface area contributed by atoms with Gasteiger partial charge in [-0.25, -0.2) is 0 Å². The summed E-state index contributed by atoms with van der Waals surface area (Å²) in [6, 6.07) is 8.80. The van der Waals surface area contributed by atoms with E-state index in [0.29, 0.717) is 0 Å². The number of nitrogens with zero attached hydrogens (tertiary/aromatic N) is 4. The third-order valence-electron chi connectivity index (χ3n) is 6.53. The molecule has 2 aromatic rings. The number of aryl methyl sites for hydroxylation is 1. The first-order chi connectivity index (χ1) is 13.7. The second kappa shape index (κ2) is 8.48. The zero-order chi connectivity index (χ0) is 19.5. The van der Waals surface area contributed by atoms with Crippen LogP contribution in [-0.2, 0) is 13.5 Å². The van der Waals surface area contributed by atoms with Gasteiger partial charge in [0.1, 0.15) is 0 Å². The first-order valence-electron chi connectivity index (χ1n) is 10.8. The van der Waals surface area contributed by atoms with Crippen LogP contribution >= 0.6 is 0 Å². The molecule has 5 nitrogen and oxygen atoms in total. The molecule has 1 aliphatic heterocycles. The lowest BCUT2D eigenvalue weighted by Gasteiger charge is -2.40. The summed E-state index contributed by atoms with van der Waals surface area (Å²) in [5, 5.41) is 4.38. The highest BCUT2D eigenvalue weighted by atomic mass is 16.2. The summed E-state index contributed by atoms with van der Waals surface area (Å²) in [5.74, 6) is 0.164. The SMILES string of the molecule is CCc1c(-c2ccc(C(=O)N3CCN(C4CCCCC4)CC3)cc2)cnn1C. The number of hydrogen-bond acceptors (Lipinski definition) is 3. The Morgan fingerprint density at radius 2 is 1.71 bits per heavy atom. The molecule has 1 aromatic heterocycles. The van der Waals surface area contributed by atoms with E-state index in [0.717, 1.165) is 55.3 Å². The largest absolute Gasteiger partial charge is 0.336 e. The van der Waals surface area contributed by atoms with Crippen molar-refractivity contribution in [3.63, 3.8) is 0 Å². The average molecular weight is 381 g/mol. The molecule has 0 bridgehead atoms. The Morgan fingerprint density at radius 1 is 1.04 bits per heavy atom. The molecule has 150 valence electrons. The Kier molecular flexibility index (Phi) is 5.81. The van der Waals surface area contributed by atoms with Gasteiger partial charge in [-0.05, 0) is 37.0 Å². The lowest BCUT2D eigenvalue weighted by molar-refractivity contribution is 0.0523. The van der Waals surface area contributed by atoms with E-state index in [9.17, 15) is 4.79 Å². The van der Waals surface area contributed by atoms with Crippen LogP contribution in [0, 0.1) is 0 Å². The quantitative estimate of drug-likeness (QED) is 0.811. The Morgan fingerprint density at radius 3 is 2.36 bits per heavy atom. The van der Waals surface area contributed by atoms with Crippen LogP contribution in [0.25, 0.3) is 11.1 Å². The van der Waals surface area contributed by atoms with E-state index in [1.807, 2.05) is 35.0 Å². The fourth-order valence-corrected chi connectivity index (χ4v) is 4.83. The van der Waals surface area contributed by atoms with Crippen molar-refractivity contribution in [2.45, 2.75) is 51.5 Å². The minimum atomic E-state index is 0.164. The summed E-state index contributed by atoms with van der Waals surface area (Å²) < 4.78 is 1.93. The first-order valence-corrected chi connectivity index (χ1v) is 10.8. The van der Waals surface area contributed by atoms with Gasteiger partial charge in [0.25, 0.3) is 5.91 Å². The molecular formula is C23H32N4O. The van der Waals surface area contributed by atoms with E-state index in [1.54, 1.807) is 0 Å². The maximum Gasteiger partial charge on any atom is 0.253 e. The lowest BCUT2D eigenvalue weighted by atomic mass is 9.94. The zero-order valence-corrected chi connectivity index (χ0v) is 17.2. The van der Waals surface area contributed by atoms with Crippen LogP contribution in [0.15, 0.2) is 30.5 Å². The number of hydrogen-bond donors (Lipinski definition) is 0. The van der Waals surface area contributed by atoms with Crippen LogP contribution in [-0.4, -0.2) is 57.7 Å². The van der Waals surface area contributed by atoms with Gasteiger partial charge < -0.3 is 4.90 Å². The summed E-state index contributed by atoms with van der Waals surface area (Å²) in [5.41, 5.74) is 4.29. The average Bonchev–Trinajstić information content (AvgIpc) is 3.14. The van der Waals surface area contributed by atoms with Crippen molar-refractivity contribution in [2.24, 2.45) is 7.05 Å². The fourth-order valence-electron chi connectivity index (χ4n) is 4.83. The smallest absolute Gasteiger partial charge is 0.253 e. The number of carbonyl (C=O) groups excluding carboxylic acids is 1. The molecule has 2 aliphatic rings.